The summed E-state index contributed by atoms with van der Waals surface area (Å²) >= 11 is 0. The zero-order valence-corrected chi connectivity index (χ0v) is 8.08. The molecule has 1 N–H and O–H groups in total. The van der Waals surface area contributed by atoms with E-state index >= 15 is 0 Å². The van der Waals surface area contributed by atoms with E-state index in [0.717, 1.165) is 5.82 Å². The molecule has 4 heteroatoms. The fourth-order valence-corrected chi connectivity index (χ4v) is 2.08. The van der Waals surface area contributed by atoms with Crippen molar-refractivity contribution in [2.24, 2.45) is 0 Å². The van der Waals surface area contributed by atoms with Gasteiger partial charge in [0.05, 0.1) is 0 Å². The number of likely N-dealkylation sites (N-methyl/N-ethyl adjacent to an activating group) is 1. The molecule has 1 aliphatic carbocycles. The van der Waals surface area contributed by atoms with Crippen molar-refractivity contribution in [2.45, 2.75) is 38.1 Å². The van der Waals surface area contributed by atoms with E-state index in [1.807, 2.05) is 14.0 Å². The maximum atomic E-state index is 4.98. The van der Waals surface area contributed by atoms with E-state index in [9.17, 15) is 0 Å². The summed E-state index contributed by atoms with van der Waals surface area (Å²) < 4.78 is 4.98. The monoisotopic (exact) mass is 181 g/mol. The number of rotatable bonds is 2. The molecule has 0 saturated heterocycles. The van der Waals surface area contributed by atoms with E-state index in [-0.39, 0.29) is 0 Å². The molecule has 1 fully saturated rings. The van der Waals surface area contributed by atoms with Crippen LogP contribution in [0.25, 0.3) is 0 Å². The van der Waals surface area contributed by atoms with Gasteiger partial charge < -0.3 is 9.84 Å². The molecule has 0 aromatic carbocycles. The van der Waals surface area contributed by atoms with Gasteiger partial charge in [-0.05, 0) is 19.9 Å². The smallest absolute Gasteiger partial charge is 0.223 e. The van der Waals surface area contributed by atoms with Gasteiger partial charge in [0, 0.05) is 18.9 Å². The number of aryl methyl sites for hydroxylation is 1. The summed E-state index contributed by atoms with van der Waals surface area (Å²) in [5.41, 5.74) is 0. The van der Waals surface area contributed by atoms with Gasteiger partial charge in [-0.3, -0.25) is 0 Å². The zero-order valence-electron chi connectivity index (χ0n) is 8.08. The Kier molecular flexibility index (Phi) is 2.31. The van der Waals surface area contributed by atoms with Crippen molar-refractivity contribution >= 4 is 0 Å². The van der Waals surface area contributed by atoms with Gasteiger partial charge in [0.25, 0.3) is 0 Å². The standard InChI is InChI=1S/C9H15N3O/c1-6-11-9(12-13-6)7-4-3-5-8(7)10-2/h7-8,10H,3-5H2,1-2H3. The second-order valence-electron chi connectivity index (χ2n) is 3.60. The highest BCUT2D eigenvalue weighted by atomic mass is 16.5. The Morgan fingerprint density at radius 3 is 2.92 bits per heavy atom. The average Bonchev–Trinajstić information content (AvgIpc) is 2.71. The first kappa shape index (κ1) is 8.69. The number of nitrogens with one attached hydrogen (secondary N) is 1. The number of hydrogen-bond donors (Lipinski definition) is 1. The van der Waals surface area contributed by atoms with Crippen LogP contribution in [-0.4, -0.2) is 23.2 Å². The molecule has 2 rings (SSSR count). The second kappa shape index (κ2) is 3.46. The lowest BCUT2D eigenvalue weighted by atomic mass is 10.0. The summed E-state index contributed by atoms with van der Waals surface area (Å²) in [6.07, 6.45) is 3.64. The summed E-state index contributed by atoms with van der Waals surface area (Å²) in [4.78, 5) is 4.27. The van der Waals surface area contributed by atoms with Gasteiger partial charge >= 0.3 is 0 Å². The zero-order chi connectivity index (χ0) is 9.26. The van der Waals surface area contributed by atoms with Crippen LogP contribution in [0.3, 0.4) is 0 Å². The van der Waals surface area contributed by atoms with Crippen LogP contribution < -0.4 is 5.32 Å². The van der Waals surface area contributed by atoms with Crippen molar-refractivity contribution in [3.63, 3.8) is 0 Å². The van der Waals surface area contributed by atoms with Gasteiger partial charge in [0.1, 0.15) is 0 Å². The van der Waals surface area contributed by atoms with Gasteiger partial charge in [-0.2, -0.15) is 4.98 Å². The van der Waals surface area contributed by atoms with Crippen LogP contribution >= 0.6 is 0 Å². The highest BCUT2D eigenvalue weighted by Gasteiger charge is 2.30. The summed E-state index contributed by atoms with van der Waals surface area (Å²) in [7, 11) is 2.00. The van der Waals surface area contributed by atoms with Gasteiger partial charge in [-0.15, -0.1) is 0 Å². The minimum atomic E-state index is 0.447. The molecule has 1 aliphatic rings. The molecular formula is C9H15N3O. The predicted octanol–water partition coefficient (Wildman–Crippen LogP) is 1.23. The molecule has 1 aromatic rings. The topological polar surface area (TPSA) is 51.0 Å². The van der Waals surface area contributed by atoms with E-state index in [2.05, 4.69) is 15.5 Å². The molecule has 2 atom stereocenters. The first-order valence-electron chi connectivity index (χ1n) is 4.78. The van der Waals surface area contributed by atoms with E-state index in [1.165, 1.54) is 19.3 Å². The second-order valence-corrected chi connectivity index (χ2v) is 3.60. The van der Waals surface area contributed by atoms with Crippen LogP contribution in [0, 0.1) is 6.92 Å². The highest BCUT2D eigenvalue weighted by molar-refractivity contribution is 5.03. The molecule has 1 saturated carbocycles. The third-order valence-corrected chi connectivity index (χ3v) is 2.76. The van der Waals surface area contributed by atoms with Crippen LogP contribution in [0.15, 0.2) is 4.52 Å². The maximum Gasteiger partial charge on any atom is 0.223 e. The Hall–Kier alpha value is -0.900. The molecule has 72 valence electrons. The Labute approximate surface area is 77.7 Å². The Balaban J connectivity index is 2.15. The molecule has 0 aliphatic heterocycles. The molecule has 0 bridgehead atoms. The Morgan fingerprint density at radius 2 is 2.31 bits per heavy atom. The van der Waals surface area contributed by atoms with E-state index < -0.39 is 0 Å². The summed E-state index contributed by atoms with van der Waals surface area (Å²) in [6.45, 7) is 1.83. The quantitative estimate of drug-likeness (QED) is 0.745. The lowest BCUT2D eigenvalue weighted by Gasteiger charge is -2.14. The molecule has 1 aromatic heterocycles. The third kappa shape index (κ3) is 1.58. The predicted molar refractivity (Wildman–Crippen MR) is 48.5 cm³/mol. The molecule has 13 heavy (non-hydrogen) atoms. The molecule has 0 radical (unpaired) electrons. The van der Waals surface area contributed by atoms with Crippen LogP contribution in [0.1, 0.15) is 36.9 Å². The molecule has 0 spiro atoms. The molecule has 0 amide bonds. The third-order valence-electron chi connectivity index (χ3n) is 2.76. The number of hydrogen-bond acceptors (Lipinski definition) is 4. The minimum Gasteiger partial charge on any atom is -0.340 e. The largest absolute Gasteiger partial charge is 0.340 e. The lowest BCUT2D eigenvalue weighted by Crippen LogP contribution is -2.28. The van der Waals surface area contributed by atoms with Gasteiger partial charge in [-0.25, -0.2) is 0 Å². The van der Waals surface area contributed by atoms with Crippen molar-refractivity contribution in [3.8, 4) is 0 Å². The molecule has 2 unspecified atom stereocenters. The van der Waals surface area contributed by atoms with E-state index in [0.29, 0.717) is 17.9 Å². The van der Waals surface area contributed by atoms with E-state index in [4.69, 9.17) is 4.52 Å². The highest BCUT2D eigenvalue weighted by Crippen LogP contribution is 2.32. The summed E-state index contributed by atoms with van der Waals surface area (Å²) in [6, 6.07) is 0.525. The van der Waals surface area contributed by atoms with E-state index in [1.54, 1.807) is 0 Å². The summed E-state index contributed by atoms with van der Waals surface area (Å²) in [5.74, 6) is 1.98. The molecule has 4 nitrogen and oxygen atoms in total. The maximum absolute atomic E-state index is 4.98. The first-order valence-corrected chi connectivity index (χ1v) is 4.78. The van der Waals surface area contributed by atoms with Crippen molar-refractivity contribution < 1.29 is 4.52 Å². The number of nitrogens with zero attached hydrogens (tertiary/aromatic N) is 2. The van der Waals surface area contributed by atoms with Crippen molar-refractivity contribution in [1.29, 1.82) is 0 Å². The Bertz CT molecular complexity index is 284. The van der Waals surface area contributed by atoms with Gasteiger partial charge in [-0.1, -0.05) is 11.6 Å². The SMILES string of the molecule is CNC1CCCC1c1noc(C)n1. The molecule has 1 heterocycles. The van der Waals surface area contributed by atoms with Crippen molar-refractivity contribution in [2.75, 3.05) is 7.05 Å². The van der Waals surface area contributed by atoms with Crippen LogP contribution in [-0.2, 0) is 0 Å². The summed E-state index contributed by atoms with van der Waals surface area (Å²) in [5, 5.41) is 7.27. The van der Waals surface area contributed by atoms with Crippen LogP contribution in [0.5, 0.6) is 0 Å². The average molecular weight is 181 g/mol. The van der Waals surface area contributed by atoms with Crippen molar-refractivity contribution in [1.82, 2.24) is 15.5 Å². The Morgan fingerprint density at radius 1 is 1.46 bits per heavy atom. The minimum absolute atomic E-state index is 0.447. The van der Waals surface area contributed by atoms with Gasteiger partial charge in [0.15, 0.2) is 5.82 Å². The molecular weight excluding hydrogens is 166 g/mol. The normalized spacial score (nSPS) is 28.2. The van der Waals surface area contributed by atoms with Gasteiger partial charge in [0.2, 0.25) is 5.89 Å². The fraction of sp³-hybridized carbons (Fsp3) is 0.778. The first-order chi connectivity index (χ1) is 6.31. The number of aromatic nitrogens is 2. The van der Waals surface area contributed by atoms with Crippen molar-refractivity contribution in [3.05, 3.63) is 11.7 Å². The lowest BCUT2D eigenvalue weighted by molar-refractivity contribution is 0.378. The fourth-order valence-electron chi connectivity index (χ4n) is 2.08. The van der Waals surface area contributed by atoms with Crippen LogP contribution in [0.2, 0.25) is 0 Å². The van der Waals surface area contributed by atoms with Crippen LogP contribution in [0.4, 0.5) is 0 Å².